The SMILES string of the molecule is C[C@@H]1C[C@@H](C)CN(c2nc3ccccn3c(=O)c2/C=C2\SC(=S)N(C)C2=O)C1. The first-order chi connectivity index (χ1) is 13.3. The number of amides is 1. The lowest BCUT2D eigenvalue weighted by Crippen LogP contribution is -2.40. The fourth-order valence-electron chi connectivity index (χ4n) is 3.97. The Bertz CT molecular complexity index is 1050. The Morgan fingerprint density at radius 3 is 2.57 bits per heavy atom. The highest BCUT2D eigenvalue weighted by Crippen LogP contribution is 2.33. The number of hydrogen-bond donors (Lipinski definition) is 0. The molecule has 2 aliphatic rings. The van der Waals surface area contributed by atoms with Crippen LogP contribution in [0.15, 0.2) is 34.1 Å². The van der Waals surface area contributed by atoms with E-state index in [9.17, 15) is 9.59 Å². The summed E-state index contributed by atoms with van der Waals surface area (Å²) < 4.78 is 2.02. The summed E-state index contributed by atoms with van der Waals surface area (Å²) in [5.74, 6) is 1.50. The number of carbonyl (C=O) groups excluding carboxylic acids is 1. The molecule has 0 radical (unpaired) electrons. The summed E-state index contributed by atoms with van der Waals surface area (Å²) in [7, 11) is 1.65. The van der Waals surface area contributed by atoms with Crippen molar-refractivity contribution in [2.45, 2.75) is 20.3 Å². The molecule has 0 bridgehead atoms. The van der Waals surface area contributed by atoms with E-state index in [-0.39, 0.29) is 11.5 Å². The van der Waals surface area contributed by atoms with Gasteiger partial charge in [-0.05, 0) is 36.5 Å². The average Bonchev–Trinajstić information content (AvgIpc) is 2.90. The minimum Gasteiger partial charge on any atom is -0.355 e. The van der Waals surface area contributed by atoms with E-state index < -0.39 is 0 Å². The lowest BCUT2D eigenvalue weighted by atomic mass is 9.91. The molecule has 6 nitrogen and oxygen atoms in total. The first-order valence-corrected chi connectivity index (χ1v) is 10.6. The molecule has 2 aromatic rings. The molecule has 0 aliphatic carbocycles. The second-order valence-corrected chi connectivity index (χ2v) is 9.35. The van der Waals surface area contributed by atoms with Gasteiger partial charge in [-0.25, -0.2) is 4.98 Å². The summed E-state index contributed by atoms with van der Waals surface area (Å²) in [6.45, 7) is 6.13. The van der Waals surface area contributed by atoms with Crippen LogP contribution in [0.1, 0.15) is 25.8 Å². The van der Waals surface area contributed by atoms with E-state index >= 15 is 0 Å². The van der Waals surface area contributed by atoms with E-state index in [4.69, 9.17) is 17.2 Å². The van der Waals surface area contributed by atoms with Crippen molar-refractivity contribution in [3.05, 3.63) is 45.2 Å². The average molecular weight is 415 g/mol. The molecule has 2 saturated heterocycles. The van der Waals surface area contributed by atoms with Gasteiger partial charge in [-0.1, -0.05) is 43.9 Å². The zero-order valence-corrected chi connectivity index (χ0v) is 17.7. The number of rotatable bonds is 2. The fourth-order valence-corrected chi connectivity index (χ4v) is 5.13. The second-order valence-electron chi connectivity index (χ2n) is 7.67. The summed E-state index contributed by atoms with van der Waals surface area (Å²) in [6, 6.07) is 5.50. The molecule has 1 amide bonds. The molecule has 4 rings (SSSR count). The van der Waals surface area contributed by atoms with Crippen molar-refractivity contribution < 1.29 is 4.79 Å². The maximum atomic E-state index is 13.3. The Morgan fingerprint density at radius 2 is 1.93 bits per heavy atom. The maximum Gasteiger partial charge on any atom is 0.267 e. The Kier molecular flexibility index (Phi) is 5.01. The van der Waals surface area contributed by atoms with Crippen LogP contribution in [0.2, 0.25) is 0 Å². The molecule has 2 aromatic heterocycles. The third-order valence-corrected chi connectivity index (χ3v) is 6.66. The highest BCUT2D eigenvalue weighted by atomic mass is 32.2. The third kappa shape index (κ3) is 3.35. The van der Waals surface area contributed by atoms with Crippen LogP contribution in [0.25, 0.3) is 11.7 Å². The van der Waals surface area contributed by atoms with Crippen molar-refractivity contribution >= 4 is 51.7 Å². The maximum absolute atomic E-state index is 13.3. The van der Waals surface area contributed by atoms with Crippen LogP contribution >= 0.6 is 24.0 Å². The molecule has 2 aliphatic heterocycles. The van der Waals surface area contributed by atoms with Crippen molar-refractivity contribution in [1.29, 1.82) is 0 Å². The first kappa shape index (κ1) is 19.1. The summed E-state index contributed by atoms with van der Waals surface area (Å²) in [6.07, 6.45) is 4.53. The van der Waals surface area contributed by atoms with Crippen LogP contribution in [-0.4, -0.2) is 44.6 Å². The molecule has 0 aromatic carbocycles. The van der Waals surface area contributed by atoms with Crippen molar-refractivity contribution in [3.8, 4) is 0 Å². The Labute approximate surface area is 173 Å². The van der Waals surface area contributed by atoms with Gasteiger partial charge in [0.25, 0.3) is 11.5 Å². The van der Waals surface area contributed by atoms with Gasteiger partial charge >= 0.3 is 0 Å². The van der Waals surface area contributed by atoms with Gasteiger partial charge < -0.3 is 4.90 Å². The third-order valence-electron chi connectivity index (χ3n) is 5.18. The van der Waals surface area contributed by atoms with Crippen LogP contribution < -0.4 is 10.5 Å². The lowest BCUT2D eigenvalue weighted by molar-refractivity contribution is -0.121. The normalized spacial score (nSPS) is 24.6. The smallest absolute Gasteiger partial charge is 0.267 e. The molecule has 0 spiro atoms. The molecule has 2 atom stereocenters. The van der Waals surface area contributed by atoms with Gasteiger partial charge in [0.15, 0.2) is 0 Å². The van der Waals surface area contributed by atoms with Crippen LogP contribution in [0.5, 0.6) is 0 Å². The number of pyridine rings is 1. The van der Waals surface area contributed by atoms with E-state index in [1.165, 1.54) is 21.1 Å². The number of thioether (sulfide) groups is 1. The summed E-state index contributed by atoms with van der Waals surface area (Å²) in [5, 5.41) is 0. The number of hydrogen-bond acceptors (Lipinski definition) is 6. The summed E-state index contributed by atoms with van der Waals surface area (Å²) >= 11 is 6.45. The summed E-state index contributed by atoms with van der Waals surface area (Å²) in [4.78, 5) is 34.7. The van der Waals surface area contributed by atoms with Crippen molar-refractivity contribution in [3.63, 3.8) is 0 Å². The quantitative estimate of drug-likeness (QED) is 0.556. The Morgan fingerprint density at radius 1 is 1.21 bits per heavy atom. The van der Waals surface area contributed by atoms with Crippen LogP contribution in [0.3, 0.4) is 0 Å². The van der Waals surface area contributed by atoms with Gasteiger partial charge in [0.05, 0.1) is 10.5 Å². The second kappa shape index (κ2) is 7.33. The first-order valence-electron chi connectivity index (χ1n) is 9.33. The van der Waals surface area contributed by atoms with Gasteiger partial charge in [-0.15, -0.1) is 0 Å². The predicted molar refractivity (Wildman–Crippen MR) is 118 cm³/mol. The van der Waals surface area contributed by atoms with E-state index in [0.717, 1.165) is 19.5 Å². The van der Waals surface area contributed by atoms with Gasteiger partial charge in [0, 0.05) is 26.3 Å². The molecule has 28 heavy (non-hydrogen) atoms. The highest BCUT2D eigenvalue weighted by Gasteiger charge is 2.31. The van der Waals surface area contributed by atoms with Crippen LogP contribution in [0, 0.1) is 11.8 Å². The van der Waals surface area contributed by atoms with Gasteiger partial charge in [-0.3, -0.25) is 18.9 Å². The number of piperidine rings is 1. The molecule has 0 unspecified atom stereocenters. The Hall–Kier alpha value is -2.19. The number of fused-ring (bicyclic) bond motifs is 1. The van der Waals surface area contributed by atoms with E-state index in [2.05, 4.69) is 18.7 Å². The molecular formula is C20H22N4O2S2. The highest BCUT2D eigenvalue weighted by molar-refractivity contribution is 8.26. The monoisotopic (exact) mass is 414 g/mol. The van der Waals surface area contributed by atoms with E-state index in [1.807, 2.05) is 12.1 Å². The topological polar surface area (TPSA) is 57.9 Å². The molecule has 146 valence electrons. The predicted octanol–water partition coefficient (Wildman–Crippen LogP) is 3.01. The summed E-state index contributed by atoms with van der Waals surface area (Å²) in [5.41, 5.74) is 0.875. The van der Waals surface area contributed by atoms with Crippen LogP contribution in [-0.2, 0) is 4.79 Å². The van der Waals surface area contributed by atoms with E-state index in [0.29, 0.717) is 38.1 Å². The molecule has 0 N–H and O–H groups in total. The van der Waals surface area contributed by atoms with Crippen molar-refractivity contribution in [1.82, 2.24) is 14.3 Å². The van der Waals surface area contributed by atoms with Gasteiger partial charge in [0.2, 0.25) is 0 Å². The zero-order chi connectivity index (χ0) is 20.0. The molecular weight excluding hydrogens is 392 g/mol. The number of anilines is 1. The number of thiocarbonyl (C=S) groups is 1. The van der Waals surface area contributed by atoms with Gasteiger partial charge in [-0.2, -0.15) is 0 Å². The molecule has 2 fully saturated rings. The minimum atomic E-state index is -0.182. The number of carbonyl (C=O) groups is 1. The van der Waals surface area contributed by atoms with Crippen molar-refractivity contribution in [2.24, 2.45) is 11.8 Å². The molecule has 4 heterocycles. The number of likely N-dealkylation sites (N-methyl/N-ethyl adjacent to an activating group) is 1. The van der Waals surface area contributed by atoms with Crippen LogP contribution in [0.4, 0.5) is 5.82 Å². The molecule has 0 saturated carbocycles. The largest absolute Gasteiger partial charge is 0.355 e. The standard InChI is InChI=1S/C20H22N4O2S2/c1-12-8-13(2)11-23(10-12)17-14(9-15-19(26)22(3)20(27)28-15)18(25)24-7-5-4-6-16(24)21-17/h4-7,9,12-13H,8,10-11H2,1-3H3/b15-9-/t12-,13-/m1/s1. The lowest BCUT2D eigenvalue weighted by Gasteiger charge is -2.36. The van der Waals surface area contributed by atoms with E-state index in [1.54, 1.807) is 25.4 Å². The molecule has 8 heteroatoms. The van der Waals surface area contributed by atoms with Gasteiger partial charge in [0.1, 0.15) is 15.8 Å². The number of aromatic nitrogens is 2. The minimum absolute atomic E-state index is 0.173. The fraction of sp³-hybridized carbons (Fsp3) is 0.400. The number of nitrogens with zero attached hydrogens (tertiary/aromatic N) is 4. The zero-order valence-electron chi connectivity index (χ0n) is 16.1. The Balaban J connectivity index is 1.91. The van der Waals surface area contributed by atoms with Crippen molar-refractivity contribution in [2.75, 3.05) is 25.0 Å².